The summed E-state index contributed by atoms with van der Waals surface area (Å²) >= 11 is 0. The molecule has 0 atom stereocenters. The van der Waals surface area contributed by atoms with Gasteiger partial charge < -0.3 is 26.0 Å². The number of rotatable bonds is 7. The van der Waals surface area contributed by atoms with E-state index in [4.69, 9.17) is 0 Å². The Balaban J connectivity index is 1.21. The van der Waals surface area contributed by atoms with E-state index in [9.17, 15) is 18.7 Å². The highest BCUT2D eigenvalue weighted by molar-refractivity contribution is 6.03. The lowest BCUT2D eigenvalue weighted by atomic mass is 10.1. The number of carbonyl (C=O) groups is 1. The Morgan fingerprint density at radius 3 is 2.08 bits per heavy atom. The molecule has 38 heavy (non-hydrogen) atoms. The molecule has 0 spiro atoms. The average Bonchev–Trinajstić information content (AvgIpc) is 3.34. The van der Waals surface area contributed by atoms with Gasteiger partial charge in [-0.05, 0) is 79.6 Å². The van der Waals surface area contributed by atoms with Gasteiger partial charge >= 0.3 is 0 Å². The van der Waals surface area contributed by atoms with Crippen LogP contribution in [0.3, 0.4) is 0 Å². The van der Waals surface area contributed by atoms with Gasteiger partial charge in [-0.15, -0.1) is 0 Å². The fourth-order valence-corrected chi connectivity index (χ4v) is 4.37. The molecule has 1 amide bonds. The molecule has 1 aliphatic heterocycles. The van der Waals surface area contributed by atoms with E-state index in [0.717, 1.165) is 37.3 Å². The second kappa shape index (κ2) is 10.9. The van der Waals surface area contributed by atoms with Crippen LogP contribution >= 0.6 is 0 Å². The summed E-state index contributed by atoms with van der Waals surface area (Å²) in [5.41, 5.74) is 3.23. The Morgan fingerprint density at radius 2 is 1.47 bits per heavy atom. The quantitative estimate of drug-likeness (QED) is 0.262. The minimum absolute atomic E-state index is 0.0731. The van der Waals surface area contributed by atoms with Gasteiger partial charge in [0.1, 0.15) is 17.3 Å². The molecule has 2 heterocycles. The highest BCUT2D eigenvalue weighted by Gasteiger charge is 2.17. The number of nitrogens with zero attached hydrogens (tertiary/aromatic N) is 3. The lowest BCUT2D eigenvalue weighted by molar-refractivity contribution is 0.101. The van der Waals surface area contributed by atoms with E-state index < -0.39 is 17.5 Å². The topological polar surface area (TPSA) is 94.5 Å². The van der Waals surface area contributed by atoms with Crippen LogP contribution in [0, 0.1) is 11.6 Å². The predicted molar refractivity (Wildman–Crippen MR) is 144 cm³/mol. The molecule has 0 saturated carbocycles. The van der Waals surface area contributed by atoms with Crippen molar-refractivity contribution in [3.63, 3.8) is 0 Å². The minimum Gasteiger partial charge on any atom is -0.393 e. The van der Waals surface area contributed by atoms with Gasteiger partial charge in [0.2, 0.25) is 0 Å². The molecule has 0 aliphatic carbocycles. The number of aryl methyl sites for hydroxylation is 1. The van der Waals surface area contributed by atoms with Crippen molar-refractivity contribution in [2.75, 3.05) is 33.9 Å². The first kappa shape index (κ1) is 25.2. The standard InChI is InChI=1S/C28H28F2N6O2/c1-35-27(10-13-31-35)28(38)33-20-5-9-26(24(30)17-20)34-25-8-4-19(16-23(25)29)32-18-2-6-21(7-3-18)36-14-11-22(37)12-15-36/h2-10,13,16-17,22,32,34,37H,11-12,14-15H2,1H3,(H,33,38). The Morgan fingerprint density at radius 1 is 0.868 bits per heavy atom. The van der Waals surface area contributed by atoms with Crippen LogP contribution in [0.4, 0.5) is 42.9 Å². The predicted octanol–water partition coefficient (Wildman–Crippen LogP) is 5.40. The number of aromatic nitrogens is 2. The maximum Gasteiger partial charge on any atom is 0.273 e. The van der Waals surface area contributed by atoms with Crippen molar-refractivity contribution in [1.82, 2.24) is 9.78 Å². The average molecular weight is 519 g/mol. The van der Waals surface area contributed by atoms with E-state index in [1.165, 1.54) is 41.2 Å². The van der Waals surface area contributed by atoms with Gasteiger partial charge in [0, 0.05) is 49.1 Å². The lowest BCUT2D eigenvalue weighted by Gasteiger charge is -2.31. The van der Waals surface area contributed by atoms with E-state index in [1.807, 2.05) is 24.3 Å². The fourth-order valence-electron chi connectivity index (χ4n) is 4.37. The van der Waals surface area contributed by atoms with E-state index in [-0.39, 0.29) is 23.2 Å². The molecule has 1 fully saturated rings. The van der Waals surface area contributed by atoms with Crippen LogP contribution < -0.4 is 20.9 Å². The molecular formula is C28H28F2N6O2. The van der Waals surface area contributed by atoms with Gasteiger partial charge in [-0.3, -0.25) is 9.48 Å². The van der Waals surface area contributed by atoms with Crippen molar-refractivity contribution in [2.24, 2.45) is 7.05 Å². The molecule has 8 nitrogen and oxygen atoms in total. The zero-order valence-corrected chi connectivity index (χ0v) is 20.8. The molecule has 5 rings (SSSR count). The number of halogens is 2. The zero-order valence-electron chi connectivity index (χ0n) is 20.8. The number of benzene rings is 3. The molecule has 0 bridgehead atoms. The highest BCUT2D eigenvalue weighted by Crippen LogP contribution is 2.29. The van der Waals surface area contributed by atoms with Crippen molar-refractivity contribution in [2.45, 2.75) is 18.9 Å². The third-order valence-electron chi connectivity index (χ3n) is 6.50. The van der Waals surface area contributed by atoms with Crippen molar-refractivity contribution in [3.8, 4) is 0 Å². The molecule has 1 aromatic heterocycles. The third-order valence-corrected chi connectivity index (χ3v) is 6.50. The van der Waals surface area contributed by atoms with Crippen LogP contribution in [-0.2, 0) is 7.05 Å². The van der Waals surface area contributed by atoms with Gasteiger partial charge in [-0.2, -0.15) is 5.10 Å². The van der Waals surface area contributed by atoms with Gasteiger partial charge in [-0.25, -0.2) is 8.78 Å². The summed E-state index contributed by atoms with van der Waals surface area (Å²) < 4.78 is 31.0. The van der Waals surface area contributed by atoms with E-state index >= 15 is 0 Å². The van der Waals surface area contributed by atoms with Crippen molar-refractivity contribution in [1.29, 1.82) is 0 Å². The monoisotopic (exact) mass is 518 g/mol. The first-order valence-electron chi connectivity index (χ1n) is 12.3. The van der Waals surface area contributed by atoms with Crippen molar-refractivity contribution >= 4 is 40.0 Å². The number of piperidine rings is 1. The molecular weight excluding hydrogens is 490 g/mol. The van der Waals surface area contributed by atoms with E-state index in [0.29, 0.717) is 11.4 Å². The van der Waals surface area contributed by atoms with Crippen LogP contribution in [0.2, 0.25) is 0 Å². The van der Waals surface area contributed by atoms with Crippen LogP contribution in [-0.4, -0.2) is 40.0 Å². The summed E-state index contributed by atoms with van der Waals surface area (Å²) in [7, 11) is 1.64. The molecule has 4 aromatic rings. The second-order valence-electron chi connectivity index (χ2n) is 9.20. The Kier molecular flexibility index (Phi) is 7.23. The molecule has 1 aliphatic rings. The van der Waals surface area contributed by atoms with Crippen molar-refractivity contribution < 1.29 is 18.7 Å². The highest BCUT2D eigenvalue weighted by atomic mass is 19.1. The zero-order chi connectivity index (χ0) is 26.6. The number of carbonyl (C=O) groups excluding carboxylic acids is 1. The maximum atomic E-state index is 14.8. The van der Waals surface area contributed by atoms with Gasteiger partial charge in [0.25, 0.3) is 5.91 Å². The summed E-state index contributed by atoms with van der Waals surface area (Å²) in [5, 5.41) is 22.2. The summed E-state index contributed by atoms with van der Waals surface area (Å²) in [4.78, 5) is 14.5. The second-order valence-corrected chi connectivity index (χ2v) is 9.20. The summed E-state index contributed by atoms with van der Waals surface area (Å²) in [5.74, 6) is -1.61. The molecule has 4 N–H and O–H groups in total. The number of amides is 1. The Hall–Kier alpha value is -4.44. The molecule has 0 radical (unpaired) electrons. The Labute approximate surface area is 218 Å². The normalized spacial score (nSPS) is 13.8. The third kappa shape index (κ3) is 5.76. The number of anilines is 6. The number of nitrogens with one attached hydrogen (secondary N) is 3. The lowest BCUT2D eigenvalue weighted by Crippen LogP contribution is -2.35. The molecule has 10 heteroatoms. The minimum atomic E-state index is -0.641. The van der Waals surface area contributed by atoms with Crippen LogP contribution in [0.15, 0.2) is 72.9 Å². The van der Waals surface area contributed by atoms with Crippen LogP contribution in [0.5, 0.6) is 0 Å². The number of hydrogen-bond donors (Lipinski definition) is 4. The SMILES string of the molecule is Cn1nccc1C(=O)Nc1ccc(Nc2ccc(Nc3ccc(N4CCC(O)CC4)cc3)cc2F)c(F)c1. The molecule has 1 saturated heterocycles. The maximum absolute atomic E-state index is 14.8. The largest absolute Gasteiger partial charge is 0.393 e. The summed E-state index contributed by atoms with van der Waals surface area (Å²) in [6, 6.07) is 18.1. The van der Waals surface area contributed by atoms with E-state index in [2.05, 4.69) is 25.9 Å². The van der Waals surface area contributed by atoms with Crippen molar-refractivity contribution in [3.05, 3.63) is 90.3 Å². The van der Waals surface area contributed by atoms with Crippen LogP contribution in [0.25, 0.3) is 0 Å². The smallest absolute Gasteiger partial charge is 0.273 e. The molecule has 196 valence electrons. The first-order chi connectivity index (χ1) is 18.4. The first-order valence-corrected chi connectivity index (χ1v) is 12.3. The van der Waals surface area contributed by atoms with Crippen LogP contribution in [0.1, 0.15) is 23.3 Å². The van der Waals surface area contributed by atoms with Gasteiger partial charge in [0.15, 0.2) is 0 Å². The van der Waals surface area contributed by atoms with Gasteiger partial charge in [0.05, 0.1) is 17.5 Å². The molecule has 0 unspecified atom stereocenters. The fraction of sp³-hybridized carbons (Fsp3) is 0.214. The van der Waals surface area contributed by atoms with Gasteiger partial charge in [-0.1, -0.05) is 0 Å². The number of aliphatic hydroxyl groups is 1. The van der Waals surface area contributed by atoms with E-state index in [1.54, 1.807) is 19.2 Å². The number of aliphatic hydroxyl groups excluding tert-OH is 1. The molecule has 3 aromatic carbocycles. The number of hydrogen-bond acceptors (Lipinski definition) is 6. The summed E-state index contributed by atoms with van der Waals surface area (Å²) in [6.45, 7) is 1.63. The summed E-state index contributed by atoms with van der Waals surface area (Å²) in [6.07, 6.45) is 2.80. The Bertz CT molecular complexity index is 1430.